The van der Waals surface area contributed by atoms with Crippen LogP contribution in [-0.4, -0.2) is 65.9 Å². The lowest BCUT2D eigenvalue weighted by atomic mass is 10.1. The van der Waals surface area contributed by atoms with Gasteiger partial charge in [0, 0.05) is 30.5 Å². The van der Waals surface area contributed by atoms with Crippen LogP contribution in [0.2, 0.25) is 0 Å². The molecule has 0 radical (unpaired) electrons. The lowest BCUT2D eigenvalue weighted by Crippen LogP contribution is -2.58. The molecule has 12 heteroatoms. The van der Waals surface area contributed by atoms with Crippen molar-refractivity contribution in [1.29, 1.82) is 0 Å². The van der Waals surface area contributed by atoms with Gasteiger partial charge in [-0.2, -0.15) is 13.2 Å². The average molecular weight is 506 g/mol. The normalized spacial score (nSPS) is 27.0. The highest BCUT2D eigenvalue weighted by atomic mass is 19.4. The van der Waals surface area contributed by atoms with Crippen molar-refractivity contribution in [3.63, 3.8) is 0 Å². The molecule has 0 aliphatic carbocycles. The minimum absolute atomic E-state index is 0.00304. The Labute approximate surface area is 205 Å². The number of benzene rings is 2. The highest BCUT2D eigenvalue weighted by Crippen LogP contribution is 2.43. The number of nitrogens with one attached hydrogen (secondary N) is 2. The zero-order chi connectivity index (χ0) is 25.8. The predicted molar refractivity (Wildman–Crippen MR) is 122 cm³/mol. The summed E-state index contributed by atoms with van der Waals surface area (Å²) in [6.07, 6.45) is -6.05. The van der Waals surface area contributed by atoms with Crippen molar-refractivity contribution in [2.75, 3.05) is 24.2 Å². The molecular weight excluding hydrogens is 481 g/mol. The van der Waals surface area contributed by atoms with Crippen LogP contribution in [0.4, 0.5) is 29.3 Å². The number of carbonyl (C=O) groups excluding carboxylic acids is 2. The molecule has 36 heavy (non-hydrogen) atoms. The molecule has 2 aromatic carbocycles. The van der Waals surface area contributed by atoms with E-state index in [1.807, 2.05) is 13.8 Å². The van der Waals surface area contributed by atoms with E-state index < -0.39 is 35.9 Å². The number of alkyl halides is 3. The van der Waals surface area contributed by atoms with Gasteiger partial charge >= 0.3 is 12.2 Å². The summed E-state index contributed by atoms with van der Waals surface area (Å²) >= 11 is 0. The lowest BCUT2D eigenvalue weighted by Gasteiger charge is -2.42. The van der Waals surface area contributed by atoms with Crippen LogP contribution >= 0.6 is 0 Å². The minimum Gasteiger partial charge on any atom is -0.346 e. The molecule has 0 saturated carbocycles. The average Bonchev–Trinajstić information content (AvgIpc) is 3.25. The fourth-order valence-corrected chi connectivity index (χ4v) is 4.71. The number of likely N-dealkylation sites (N-methyl/N-ethyl adjacent to an activating group) is 1. The van der Waals surface area contributed by atoms with Crippen molar-refractivity contribution >= 4 is 23.3 Å². The second-order valence-electron chi connectivity index (χ2n) is 9.35. The van der Waals surface area contributed by atoms with Crippen LogP contribution in [0.25, 0.3) is 0 Å². The van der Waals surface area contributed by atoms with E-state index in [2.05, 4.69) is 10.6 Å². The van der Waals surface area contributed by atoms with Gasteiger partial charge in [-0.05, 0) is 56.3 Å². The molecule has 3 heterocycles. The minimum atomic E-state index is -4.52. The first-order valence-corrected chi connectivity index (χ1v) is 11.3. The molecule has 3 aliphatic heterocycles. The fourth-order valence-electron chi connectivity index (χ4n) is 4.71. The van der Waals surface area contributed by atoms with E-state index in [9.17, 15) is 22.8 Å². The molecule has 3 fully saturated rings. The van der Waals surface area contributed by atoms with Gasteiger partial charge < -0.3 is 24.8 Å². The molecule has 0 spiro atoms. The SMILES string of the molecule is CN1C[C@H]2O[C@H]([C@@H]3OC(C)(C)O[C@@H]32)N1C(=O)c1ccc(NC(=O)Nc2cccc(C(F)(F)F)c2)cc1. The Balaban J connectivity index is 1.24. The summed E-state index contributed by atoms with van der Waals surface area (Å²) in [6.45, 7) is 4.11. The molecule has 192 valence electrons. The van der Waals surface area contributed by atoms with Gasteiger partial charge in [-0.3, -0.25) is 4.79 Å². The van der Waals surface area contributed by atoms with Gasteiger partial charge in [0.15, 0.2) is 12.0 Å². The van der Waals surface area contributed by atoms with Gasteiger partial charge in [0.1, 0.15) is 18.3 Å². The third-order valence-electron chi connectivity index (χ3n) is 6.22. The number of carbonyl (C=O) groups is 2. The van der Waals surface area contributed by atoms with E-state index >= 15 is 0 Å². The lowest BCUT2D eigenvalue weighted by molar-refractivity contribution is -0.248. The highest BCUT2D eigenvalue weighted by Gasteiger charge is 2.61. The molecule has 2 N–H and O–H groups in total. The topological polar surface area (TPSA) is 92.4 Å². The third kappa shape index (κ3) is 4.64. The number of halogens is 3. The Morgan fingerprint density at radius 1 is 1.00 bits per heavy atom. The largest absolute Gasteiger partial charge is 0.416 e. The van der Waals surface area contributed by atoms with Crippen molar-refractivity contribution in [3.8, 4) is 0 Å². The van der Waals surface area contributed by atoms with Crippen molar-refractivity contribution in [3.05, 3.63) is 59.7 Å². The van der Waals surface area contributed by atoms with Crippen LogP contribution < -0.4 is 10.6 Å². The van der Waals surface area contributed by atoms with Gasteiger partial charge in [0.2, 0.25) is 0 Å². The summed E-state index contributed by atoms with van der Waals surface area (Å²) < 4.78 is 56.6. The number of fused-ring (bicyclic) bond motifs is 5. The number of ether oxygens (including phenoxy) is 3. The monoisotopic (exact) mass is 506 g/mol. The maximum atomic E-state index is 13.4. The van der Waals surface area contributed by atoms with Crippen LogP contribution in [0.5, 0.6) is 0 Å². The molecule has 3 aliphatic rings. The number of urea groups is 1. The highest BCUT2D eigenvalue weighted by molar-refractivity contribution is 6.00. The molecule has 0 unspecified atom stereocenters. The Bertz CT molecular complexity index is 1170. The van der Waals surface area contributed by atoms with Crippen molar-refractivity contribution in [2.24, 2.45) is 0 Å². The molecule has 2 bridgehead atoms. The predicted octanol–water partition coefficient (Wildman–Crippen LogP) is 3.90. The van der Waals surface area contributed by atoms with Gasteiger partial charge in [-0.1, -0.05) is 6.07 Å². The summed E-state index contributed by atoms with van der Waals surface area (Å²) in [5, 5.41) is 8.20. The van der Waals surface area contributed by atoms with E-state index in [4.69, 9.17) is 14.2 Å². The second kappa shape index (κ2) is 8.73. The smallest absolute Gasteiger partial charge is 0.346 e. The number of hydrazine groups is 1. The second-order valence-corrected chi connectivity index (χ2v) is 9.35. The number of nitrogens with zero attached hydrogens (tertiary/aromatic N) is 2. The third-order valence-corrected chi connectivity index (χ3v) is 6.22. The Kier molecular flexibility index (Phi) is 5.94. The van der Waals surface area contributed by atoms with E-state index in [1.54, 1.807) is 24.2 Å². The zero-order valence-corrected chi connectivity index (χ0v) is 19.7. The van der Waals surface area contributed by atoms with Crippen LogP contribution in [0.3, 0.4) is 0 Å². The Morgan fingerprint density at radius 2 is 1.67 bits per heavy atom. The van der Waals surface area contributed by atoms with Gasteiger partial charge in [-0.15, -0.1) is 0 Å². The van der Waals surface area contributed by atoms with Gasteiger partial charge in [0.25, 0.3) is 5.91 Å². The number of hydrogen-bond acceptors (Lipinski definition) is 6. The summed E-state index contributed by atoms with van der Waals surface area (Å²) in [5.74, 6) is -1.07. The van der Waals surface area contributed by atoms with Crippen LogP contribution in [0, 0.1) is 0 Å². The molecule has 3 amide bonds. The molecule has 3 saturated heterocycles. The number of anilines is 2. The van der Waals surface area contributed by atoms with E-state index in [0.717, 1.165) is 12.1 Å². The van der Waals surface area contributed by atoms with Gasteiger partial charge in [0.05, 0.1) is 5.56 Å². The van der Waals surface area contributed by atoms with Gasteiger partial charge in [-0.25, -0.2) is 14.8 Å². The summed E-state index contributed by atoms with van der Waals surface area (Å²) in [7, 11) is 1.79. The molecule has 4 atom stereocenters. The van der Waals surface area contributed by atoms with Crippen LogP contribution in [0.15, 0.2) is 48.5 Å². The first-order valence-electron chi connectivity index (χ1n) is 11.3. The maximum absolute atomic E-state index is 13.4. The van der Waals surface area contributed by atoms with Crippen molar-refractivity contribution < 1.29 is 37.0 Å². The van der Waals surface area contributed by atoms with E-state index in [0.29, 0.717) is 17.8 Å². The Morgan fingerprint density at radius 3 is 2.36 bits per heavy atom. The zero-order valence-electron chi connectivity index (χ0n) is 19.7. The molecule has 9 nitrogen and oxygen atoms in total. The summed E-state index contributed by atoms with van der Waals surface area (Å²) in [4.78, 5) is 25.6. The number of amides is 3. The first kappa shape index (κ1) is 24.5. The van der Waals surface area contributed by atoms with E-state index in [-0.39, 0.29) is 23.8 Å². The van der Waals surface area contributed by atoms with Crippen molar-refractivity contribution in [2.45, 2.75) is 50.4 Å². The summed E-state index contributed by atoms with van der Waals surface area (Å²) in [5.41, 5.74) is -0.159. The summed E-state index contributed by atoms with van der Waals surface area (Å²) in [6, 6.07) is 9.76. The number of hydrogen-bond donors (Lipinski definition) is 2. The van der Waals surface area contributed by atoms with Crippen LogP contribution in [-0.2, 0) is 20.4 Å². The number of rotatable bonds is 3. The standard InChI is InChI=1S/C24H25F3N4O5/c1-23(2)35-18-17-12-30(3)31(21(34-17)19(18)36-23)20(32)13-7-9-15(10-8-13)28-22(33)29-16-6-4-5-14(11-16)24(25,26)27/h4-11,17-19,21H,12H2,1-3H3,(H2,28,29,33)/t17-,18-,19-,21-/m1/s1. The maximum Gasteiger partial charge on any atom is 0.416 e. The molecule has 2 aromatic rings. The Hall–Kier alpha value is -3.19. The quantitative estimate of drug-likeness (QED) is 0.656. The fraction of sp³-hybridized carbons (Fsp3) is 0.417. The van der Waals surface area contributed by atoms with Crippen LogP contribution in [0.1, 0.15) is 29.8 Å². The molecule has 0 aromatic heterocycles. The molecule has 5 rings (SSSR count). The van der Waals surface area contributed by atoms with Crippen molar-refractivity contribution in [1.82, 2.24) is 10.0 Å². The first-order chi connectivity index (χ1) is 16.9. The van der Waals surface area contributed by atoms with E-state index in [1.165, 1.54) is 29.3 Å². The molecular formula is C24H25F3N4O5.